The molecule has 5 nitrogen and oxygen atoms in total. The van der Waals surface area contributed by atoms with E-state index < -0.39 is 10.0 Å². The van der Waals surface area contributed by atoms with Crippen LogP contribution < -0.4 is 4.72 Å². The van der Waals surface area contributed by atoms with Gasteiger partial charge in [0.25, 0.3) is 0 Å². The highest BCUT2D eigenvalue weighted by Gasteiger charge is 2.16. The van der Waals surface area contributed by atoms with Crippen LogP contribution in [0, 0.1) is 13.8 Å². The van der Waals surface area contributed by atoms with Crippen LogP contribution in [0.5, 0.6) is 0 Å². The summed E-state index contributed by atoms with van der Waals surface area (Å²) in [7, 11) is -3.59. The van der Waals surface area contributed by atoms with Gasteiger partial charge in [-0.15, -0.1) is 0 Å². The number of hydrogen-bond donors (Lipinski definition) is 1. The molecule has 0 amide bonds. The monoisotopic (exact) mass is 342 g/mol. The second kappa shape index (κ2) is 6.59. The van der Waals surface area contributed by atoms with Gasteiger partial charge in [-0.05, 0) is 26.0 Å². The zero-order valence-electron chi connectivity index (χ0n) is 13.5. The summed E-state index contributed by atoms with van der Waals surface area (Å²) in [6.45, 7) is 3.72. The molecule has 124 valence electrons. The highest BCUT2D eigenvalue weighted by Crippen LogP contribution is 2.23. The molecule has 6 heteroatoms. The first-order valence-corrected chi connectivity index (χ1v) is 9.02. The SMILES string of the molecule is Cc1ccc(S(=O)(=O)NCc2nc(-c3ccccc3)c(C)o2)cc1. The van der Waals surface area contributed by atoms with Gasteiger partial charge in [0.05, 0.1) is 11.4 Å². The first-order chi connectivity index (χ1) is 11.5. The van der Waals surface area contributed by atoms with E-state index in [1.165, 1.54) is 0 Å². The Hall–Kier alpha value is -2.44. The second-order valence-corrected chi connectivity index (χ2v) is 7.28. The van der Waals surface area contributed by atoms with Crippen molar-refractivity contribution >= 4 is 10.0 Å². The fourth-order valence-electron chi connectivity index (χ4n) is 2.35. The molecule has 0 atom stereocenters. The normalized spacial score (nSPS) is 11.6. The number of nitrogens with one attached hydrogen (secondary N) is 1. The number of nitrogens with zero attached hydrogens (tertiary/aromatic N) is 1. The van der Waals surface area contributed by atoms with Gasteiger partial charge >= 0.3 is 0 Å². The van der Waals surface area contributed by atoms with Crippen molar-refractivity contribution in [2.24, 2.45) is 0 Å². The number of sulfonamides is 1. The number of benzene rings is 2. The number of rotatable bonds is 5. The predicted molar refractivity (Wildman–Crippen MR) is 91.9 cm³/mol. The quantitative estimate of drug-likeness (QED) is 0.771. The molecule has 0 unspecified atom stereocenters. The van der Waals surface area contributed by atoms with Crippen molar-refractivity contribution in [2.45, 2.75) is 25.3 Å². The van der Waals surface area contributed by atoms with Gasteiger partial charge in [0, 0.05) is 5.56 Å². The van der Waals surface area contributed by atoms with E-state index >= 15 is 0 Å². The summed E-state index contributed by atoms with van der Waals surface area (Å²) in [4.78, 5) is 4.62. The minimum Gasteiger partial charge on any atom is -0.444 e. The average molecular weight is 342 g/mol. The Kier molecular flexibility index (Phi) is 4.51. The molecule has 0 aliphatic heterocycles. The molecule has 0 radical (unpaired) electrons. The molecule has 2 aromatic carbocycles. The number of oxazole rings is 1. The lowest BCUT2D eigenvalue weighted by Gasteiger charge is -2.05. The van der Waals surface area contributed by atoms with Gasteiger partial charge < -0.3 is 4.42 Å². The zero-order chi connectivity index (χ0) is 17.2. The first-order valence-electron chi connectivity index (χ1n) is 7.54. The van der Waals surface area contributed by atoms with Crippen LogP contribution in [0.25, 0.3) is 11.3 Å². The third-order valence-electron chi connectivity index (χ3n) is 3.63. The lowest BCUT2D eigenvalue weighted by atomic mass is 10.1. The smallest absolute Gasteiger partial charge is 0.241 e. The van der Waals surface area contributed by atoms with Gasteiger partial charge in [-0.2, -0.15) is 0 Å². The molecule has 0 aliphatic carbocycles. The molecule has 0 bridgehead atoms. The maximum Gasteiger partial charge on any atom is 0.241 e. The first kappa shape index (κ1) is 16.4. The molecule has 24 heavy (non-hydrogen) atoms. The summed E-state index contributed by atoms with van der Waals surface area (Å²) in [6.07, 6.45) is 0. The van der Waals surface area contributed by atoms with E-state index in [2.05, 4.69) is 9.71 Å². The highest BCUT2D eigenvalue weighted by atomic mass is 32.2. The molecule has 0 saturated carbocycles. The molecule has 0 saturated heterocycles. The lowest BCUT2D eigenvalue weighted by Crippen LogP contribution is -2.23. The number of hydrogen-bond acceptors (Lipinski definition) is 4. The van der Waals surface area contributed by atoms with Crippen LogP contribution in [0.4, 0.5) is 0 Å². The Morgan fingerprint density at radius 1 is 1.00 bits per heavy atom. The maximum absolute atomic E-state index is 12.3. The molecule has 1 N–H and O–H groups in total. The molecule has 1 aromatic heterocycles. The summed E-state index contributed by atoms with van der Waals surface area (Å²) in [5.41, 5.74) is 2.66. The lowest BCUT2D eigenvalue weighted by molar-refractivity contribution is 0.463. The molecular weight excluding hydrogens is 324 g/mol. The number of aryl methyl sites for hydroxylation is 2. The van der Waals surface area contributed by atoms with Crippen molar-refractivity contribution in [3.8, 4) is 11.3 Å². The topological polar surface area (TPSA) is 72.2 Å². The van der Waals surface area contributed by atoms with Crippen LogP contribution in [0.1, 0.15) is 17.2 Å². The van der Waals surface area contributed by atoms with Gasteiger partial charge in [-0.3, -0.25) is 0 Å². The minimum absolute atomic E-state index is 0.00385. The third-order valence-corrected chi connectivity index (χ3v) is 5.05. The number of aromatic nitrogens is 1. The van der Waals surface area contributed by atoms with Crippen molar-refractivity contribution in [1.29, 1.82) is 0 Å². The molecule has 3 aromatic rings. The Morgan fingerprint density at radius 2 is 1.67 bits per heavy atom. The van der Waals surface area contributed by atoms with E-state index in [9.17, 15) is 8.42 Å². The van der Waals surface area contributed by atoms with Gasteiger partial charge in [-0.25, -0.2) is 18.1 Å². The predicted octanol–water partition coefficient (Wildman–Crippen LogP) is 3.44. The summed E-state index contributed by atoms with van der Waals surface area (Å²) in [5, 5.41) is 0. The van der Waals surface area contributed by atoms with Crippen LogP contribution in [-0.2, 0) is 16.6 Å². The largest absolute Gasteiger partial charge is 0.444 e. The Balaban J connectivity index is 1.77. The van der Waals surface area contributed by atoms with Crippen molar-refractivity contribution in [2.75, 3.05) is 0 Å². The highest BCUT2D eigenvalue weighted by molar-refractivity contribution is 7.89. The summed E-state index contributed by atoms with van der Waals surface area (Å²) < 4.78 is 32.7. The van der Waals surface area contributed by atoms with E-state index in [1.54, 1.807) is 24.3 Å². The maximum atomic E-state index is 12.3. The van der Waals surface area contributed by atoms with Crippen LogP contribution >= 0.6 is 0 Å². The van der Waals surface area contributed by atoms with E-state index in [-0.39, 0.29) is 11.4 Å². The summed E-state index contributed by atoms with van der Waals surface area (Å²) in [5.74, 6) is 0.993. The van der Waals surface area contributed by atoms with Crippen LogP contribution in [0.15, 0.2) is 63.9 Å². The van der Waals surface area contributed by atoms with E-state index in [4.69, 9.17) is 4.42 Å². The van der Waals surface area contributed by atoms with Crippen molar-refractivity contribution in [3.63, 3.8) is 0 Å². The van der Waals surface area contributed by atoms with Crippen LogP contribution in [-0.4, -0.2) is 13.4 Å². The molecule has 0 spiro atoms. The fourth-order valence-corrected chi connectivity index (χ4v) is 3.32. The molecule has 1 heterocycles. The van der Waals surface area contributed by atoms with Gasteiger partial charge in [0.1, 0.15) is 11.5 Å². The molecule has 0 fully saturated rings. The Labute approximate surface area is 141 Å². The van der Waals surface area contributed by atoms with E-state index in [0.29, 0.717) is 11.7 Å². The Bertz CT molecular complexity index is 930. The van der Waals surface area contributed by atoms with E-state index in [1.807, 2.05) is 44.2 Å². The standard InChI is InChI=1S/C18H18N2O3S/c1-13-8-10-16(11-9-13)24(21,22)19-12-17-20-18(14(2)23-17)15-6-4-3-5-7-15/h3-11,19H,12H2,1-2H3. The Morgan fingerprint density at radius 3 is 2.33 bits per heavy atom. The van der Waals surface area contributed by atoms with E-state index in [0.717, 1.165) is 16.8 Å². The fraction of sp³-hybridized carbons (Fsp3) is 0.167. The van der Waals surface area contributed by atoms with Gasteiger partial charge in [-0.1, -0.05) is 48.0 Å². The van der Waals surface area contributed by atoms with Crippen molar-refractivity contribution in [3.05, 3.63) is 71.8 Å². The van der Waals surface area contributed by atoms with Crippen LogP contribution in [0.3, 0.4) is 0 Å². The van der Waals surface area contributed by atoms with Crippen molar-refractivity contribution in [1.82, 2.24) is 9.71 Å². The van der Waals surface area contributed by atoms with Gasteiger partial charge in [0.2, 0.25) is 15.9 Å². The average Bonchev–Trinajstić information content (AvgIpc) is 2.95. The van der Waals surface area contributed by atoms with Crippen molar-refractivity contribution < 1.29 is 12.8 Å². The third kappa shape index (κ3) is 3.55. The summed E-state index contributed by atoms with van der Waals surface area (Å²) >= 11 is 0. The molecule has 3 rings (SSSR count). The zero-order valence-corrected chi connectivity index (χ0v) is 14.3. The second-order valence-electron chi connectivity index (χ2n) is 5.52. The van der Waals surface area contributed by atoms with Crippen LogP contribution in [0.2, 0.25) is 0 Å². The molecule has 0 aliphatic rings. The van der Waals surface area contributed by atoms with Gasteiger partial charge in [0.15, 0.2) is 0 Å². The minimum atomic E-state index is -3.59. The molecular formula is C18H18N2O3S. The summed E-state index contributed by atoms with van der Waals surface area (Å²) in [6, 6.07) is 16.3.